The number of benzene rings is 2. The van der Waals surface area contributed by atoms with E-state index in [0.29, 0.717) is 5.56 Å². The third kappa shape index (κ3) is 3.64. The second kappa shape index (κ2) is 6.89. The zero-order chi connectivity index (χ0) is 17.0. The molecular formula is C16H14FNO5. The lowest BCUT2D eigenvalue weighted by Crippen LogP contribution is -2.12. The summed E-state index contributed by atoms with van der Waals surface area (Å²) in [6, 6.07) is 8.30. The summed E-state index contributed by atoms with van der Waals surface area (Å²) in [6.45, 7) is -0.310. The van der Waals surface area contributed by atoms with Crippen molar-refractivity contribution < 1.29 is 29.3 Å². The van der Waals surface area contributed by atoms with Crippen LogP contribution < -0.4 is 5.32 Å². The van der Waals surface area contributed by atoms with Gasteiger partial charge in [0.1, 0.15) is 5.82 Å². The molecule has 7 heteroatoms. The van der Waals surface area contributed by atoms with Gasteiger partial charge in [-0.25, -0.2) is 14.0 Å². The molecule has 0 saturated heterocycles. The fraction of sp³-hybridized carbons (Fsp3) is 0.125. The minimum atomic E-state index is -1.37. The van der Waals surface area contributed by atoms with E-state index in [-0.39, 0.29) is 28.9 Å². The maximum Gasteiger partial charge on any atom is 0.338 e. The van der Waals surface area contributed by atoms with Crippen LogP contribution in [0.3, 0.4) is 0 Å². The van der Waals surface area contributed by atoms with E-state index in [9.17, 15) is 19.1 Å². The smallest absolute Gasteiger partial charge is 0.338 e. The fourth-order valence-corrected chi connectivity index (χ4v) is 2.13. The van der Waals surface area contributed by atoms with Crippen LogP contribution in [-0.4, -0.2) is 27.3 Å². The van der Waals surface area contributed by atoms with Crippen LogP contribution in [0.5, 0.6) is 0 Å². The molecule has 23 heavy (non-hydrogen) atoms. The van der Waals surface area contributed by atoms with Gasteiger partial charge in [-0.2, -0.15) is 0 Å². The van der Waals surface area contributed by atoms with E-state index in [4.69, 9.17) is 10.2 Å². The Bertz CT molecular complexity index is 760. The molecule has 6 nitrogen and oxygen atoms in total. The predicted octanol–water partition coefficient (Wildman–Crippen LogP) is 2.33. The lowest BCUT2D eigenvalue weighted by Gasteiger charge is -2.12. The number of carboxylic acid groups (broad SMARTS) is 2. The van der Waals surface area contributed by atoms with Crippen LogP contribution in [-0.2, 0) is 13.2 Å². The molecule has 0 aliphatic carbocycles. The molecule has 4 N–H and O–H groups in total. The molecule has 120 valence electrons. The highest BCUT2D eigenvalue weighted by molar-refractivity contribution is 6.05. The average Bonchev–Trinajstić information content (AvgIpc) is 2.52. The number of aliphatic hydroxyl groups excluding tert-OH is 1. The molecule has 0 atom stereocenters. The minimum Gasteiger partial charge on any atom is -0.478 e. The summed E-state index contributed by atoms with van der Waals surface area (Å²) >= 11 is 0. The van der Waals surface area contributed by atoms with E-state index in [0.717, 1.165) is 0 Å². The molecule has 0 amide bonds. The zero-order valence-electron chi connectivity index (χ0n) is 11.9. The second-order valence-electron chi connectivity index (χ2n) is 4.78. The monoisotopic (exact) mass is 319 g/mol. The number of halogens is 1. The van der Waals surface area contributed by atoms with Crippen molar-refractivity contribution in [3.63, 3.8) is 0 Å². The molecule has 2 aromatic rings. The number of rotatable bonds is 6. The molecule has 0 unspecified atom stereocenters. The van der Waals surface area contributed by atoms with Crippen LogP contribution in [0.25, 0.3) is 0 Å². The van der Waals surface area contributed by atoms with E-state index >= 15 is 0 Å². The van der Waals surface area contributed by atoms with E-state index in [1.54, 1.807) is 6.07 Å². The third-order valence-corrected chi connectivity index (χ3v) is 3.28. The fourth-order valence-electron chi connectivity index (χ4n) is 2.13. The molecule has 0 saturated carbocycles. The Balaban J connectivity index is 2.27. The van der Waals surface area contributed by atoms with Crippen molar-refractivity contribution in [1.29, 1.82) is 0 Å². The molecule has 0 spiro atoms. The van der Waals surface area contributed by atoms with Crippen LogP contribution >= 0.6 is 0 Å². The van der Waals surface area contributed by atoms with Crippen molar-refractivity contribution in [2.75, 3.05) is 5.32 Å². The second-order valence-corrected chi connectivity index (χ2v) is 4.78. The molecule has 2 rings (SSSR count). The highest BCUT2D eigenvalue weighted by Gasteiger charge is 2.19. The van der Waals surface area contributed by atoms with Crippen molar-refractivity contribution in [2.24, 2.45) is 0 Å². The lowest BCUT2D eigenvalue weighted by molar-refractivity contribution is 0.0652. The van der Waals surface area contributed by atoms with Crippen LogP contribution in [0, 0.1) is 5.82 Å². The number of aliphatic hydroxyl groups is 1. The Morgan fingerprint density at radius 3 is 2.39 bits per heavy atom. The van der Waals surface area contributed by atoms with Gasteiger partial charge in [0, 0.05) is 17.8 Å². The molecular weight excluding hydrogens is 305 g/mol. The first kappa shape index (κ1) is 16.4. The van der Waals surface area contributed by atoms with Gasteiger partial charge in [0.15, 0.2) is 0 Å². The first-order chi connectivity index (χ1) is 10.9. The number of anilines is 1. The normalized spacial score (nSPS) is 10.3. The van der Waals surface area contributed by atoms with Gasteiger partial charge < -0.3 is 20.6 Å². The number of nitrogens with one attached hydrogen (secondary N) is 1. The molecule has 2 aromatic carbocycles. The van der Waals surface area contributed by atoms with E-state index < -0.39 is 24.4 Å². The van der Waals surface area contributed by atoms with Crippen molar-refractivity contribution in [3.8, 4) is 0 Å². The summed E-state index contributed by atoms with van der Waals surface area (Å²) in [6.07, 6.45) is 0. The summed E-state index contributed by atoms with van der Waals surface area (Å²) in [5, 5.41) is 30.0. The number of hydrogen-bond acceptors (Lipinski definition) is 4. The van der Waals surface area contributed by atoms with Crippen LogP contribution in [0.15, 0.2) is 36.4 Å². The van der Waals surface area contributed by atoms with Gasteiger partial charge in [0.25, 0.3) is 0 Å². The van der Waals surface area contributed by atoms with Gasteiger partial charge in [-0.15, -0.1) is 0 Å². The summed E-state index contributed by atoms with van der Waals surface area (Å²) in [4.78, 5) is 22.4. The van der Waals surface area contributed by atoms with E-state index in [1.165, 1.54) is 30.3 Å². The van der Waals surface area contributed by atoms with Crippen LogP contribution in [0.1, 0.15) is 31.8 Å². The standard InChI is InChI=1S/C16H14FNO5/c17-12-6-9(4-5-10(12)8-19)7-18-13-3-1-2-11(15(20)21)14(13)16(22)23/h1-6,18-19H,7-8H2,(H,20,21)(H,22,23). The number of carboxylic acids is 2. The molecule has 0 aliphatic heterocycles. The number of aromatic carboxylic acids is 2. The minimum absolute atomic E-state index is 0.103. The van der Waals surface area contributed by atoms with Gasteiger partial charge in [-0.05, 0) is 23.8 Å². The van der Waals surface area contributed by atoms with Gasteiger partial charge in [-0.1, -0.05) is 18.2 Å². The van der Waals surface area contributed by atoms with Crippen molar-refractivity contribution in [2.45, 2.75) is 13.2 Å². The summed E-state index contributed by atoms with van der Waals surface area (Å²) in [7, 11) is 0. The highest BCUT2D eigenvalue weighted by atomic mass is 19.1. The molecule has 0 aliphatic rings. The van der Waals surface area contributed by atoms with Gasteiger partial charge in [0.05, 0.1) is 17.7 Å². The van der Waals surface area contributed by atoms with Crippen molar-refractivity contribution in [1.82, 2.24) is 0 Å². The molecule has 0 aromatic heterocycles. The van der Waals surface area contributed by atoms with Crippen LogP contribution in [0.2, 0.25) is 0 Å². The molecule has 0 fully saturated rings. The third-order valence-electron chi connectivity index (χ3n) is 3.28. The Morgan fingerprint density at radius 2 is 1.83 bits per heavy atom. The largest absolute Gasteiger partial charge is 0.478 e. The Kier molecular flexibility index (Phi) is 4.92. The molecule has 0 radical (unpaired) electrons. The maximum atomic E-state index is 13.6. The number of hydrogen-bond donors (Lipinski definition) is 4. The summed E-state index contributed by atoms with van der Waals surface area (Å²) in [5.74, 6) is -3.28. The Morgan fingerprint density at radius 1 is 1.09 bits per heavy atom. The SMILES string of the molecule is O=C(O)c1cccc(NCc2ccc(CO)c(F)c2)c1C(=O)O. The van der Waals surface area contributed by atoms with Crippen molar-refractivity contribution >= 4 is 17.6 Å². The Hall–Kier alpha value is -2.93. The van der Waals surface area contributed by atoms with Gasteiger partial charge in [-0.3, -0.25) is 0 Å². The van der Waals surface area contributed by atoms with Gasteiger partial charge in [0.2, 0.25) is 0 Å². The summed E-state index contributed by atoms with van der Waals surface area (Å²) < 4.78 is 13.6. The van der Waals surface area contributed by atoms with Crippen LogP contribution in [0.4, 0.5) is 10.1 Å². The zero-order valence-corrected chi connectivity index (χ0v) is 11.9. The molecule has 0 heterocycles. The predicted molar refractivity (Wildman–Crippen MR) is 80.0 cm³/mol. The van der Waals surface area contributed by atoms with E-state index in [2.05, 4.69) is 5.32 Å². The lowest BCUT2D eigenvalue weighted by atomic mass is 10.0. The highest BCUT2D eigenvalue weighted by Crippen LogP contribution is 2.21. The van der Waals surface area contributed by atoms with Crippen molar-refractivity contribution in [3.05, 3.63) is 64.5 Å². The molecule has 0 bridgehead atoms. The Labute approximate surface area is 130 Å². The number of carbonyl (C=O) groups is 2. The topological polar surface area (TPSA) is 107 Å². The maximum absolute atomic E-state index is 13.6. The average molecular weight is 319 g/mol. The summed E-state index contributed by atoms with van der Waals surface area (Å²) in [5.41, 5.74) is 0.130. The first-order valence-corrected chi connectivity index (χ1v) is 6.65. The van der Waals surface area contributed by atoms with E-state index in [1.807, 2.05) is 0 Å². The quantitative estimate of drug-likeness (QED) is 0.651. The van der Waals surface area contributed by atoms with Gasteiger partial charge >= 0.3 is 11.9 Å². The first-order valence-electron chi connectivity index (χ1n) is 6.65.